The first-order chi connectivity index (χ1) is 21.1. The van der Waals surface area contributed by atoms with Crippen molar-refractivity contribution in [3.05, 3.63) is 74.1 Å². The maximum absolute atomic E-state index is 14.4. The minimum absolute atomic E-state index is 0.00613. The molecular formula is C33H37Cl2N7O2. The SMILES string of the molecule is CC(=O)N1CCCC(n2c(=O)c(-c3cc(Cl)cc(Cl)c3)c(C)c3cnc(Nc4ccc(N5CCN(C)CC5)c(C)c4)nc32)C1. The van der Waals surface area contributed by atoms with Gasteiger partial charge in [-0.05, 0) is 86.8 Å². The van der Waals surface area contributed by atoms with Crippen LogP contribution in [0.5, 0.6) is 0 Å². The number of anilines is 3. The van der Waals surface area contributed by atoms with Gasteiger partial charge in [-0.25, -0.2) is 4.98 Å². The number of fused-ring (bicyclic) bond motifs is 1. The molecule has 1 unspecified atom stereocenters. The Bertz CT molecular complexity index is 1780. The standard InChI is InChI=1S/C33H37Cl2N7O2/c1-20-14-26(7-8-29(20)40-12-10-39(4)11-13-40)37-33-36-18-28-21(2)30(23-15-24(34)17-25(35)16-23)32(44)42(31(28)38-33)27-6-5-9-41(19-27)22(3)43/h7-8,14-18,27H,5-6,9-13,19H2,1-4H3,(H,36,37,38). The molecule has 1 atom stereocenters. The second kappa shape index (κ2) is 12.4. The highest BCUT2D eigenvalue weighted by Crippen LogP contribution is 2.33. The second-order valence-corrected chi connectivity index (χ2v) is 12.8. The van der Waals surface area contributed by atoms with E-state index in [0.717, 1.165) is 55.7 Å². The number of hydrogen-bond donors (Lipinski definition) is 1. The normalized spacial score (nSPS) is 17.7. The summed E-state index contributed by atoms with van der Waals surface area (Å²) >= 11 is 12.7. The number of hydrogen-bond acceptors (Lipinski definition) is 7. The monoisotopic (exact) mass is 633 g/mol. The zero-order valence-corrected chi connectivity index (χ0v) is 27.0. The molecule has 0 radical (unpaired) electrons. The van der Waals surface area contributed by atoms with Crippen molar-refractivity contribution < 1.29 is 4.79 Å². The first-order valence-corrected chi connectivity index (χ1v) is 15.8. The Labute approximate surface area is 267 Å². The fourth-order valence-corrected chi connectivity index (χ4v) is 7.01. The van der Waals surface area contributed by atoms with Gasteiger partial charge >= 0.3 is 0 Å². The van der Waals surface area contributed by atoms with Crippen LogP contribution < -0.4 is 15.8 Å². The van der Waals surface area contributed by atoms with Crippen LogP contribution in [0.2, 0.25) is 10.0 Å². The van der Waals surface area contributed by atoms with Crippen molar-refractivity contribution in [3.63, 3.8) is 0 Å². The molecule has 2 aromatic carbocycles. The molecule has 2 aliphatic heterocycles. The van der Waals surface area contributed by atoms with E-state index < -0.39 is 0 Å². The second-order valence-electron chi connectivity index (χ2n) is 11.9. The summed E-state index contributed by atoms with van der Waals surface area (Å²) in [5.41, 5.74) is 5.50. The van der Waals surface area contributed by atoms with E-state index in [1.807, 2.05) is 13.0 Å². The summed E-state index contributed by atoms with van der Waals surface area (Å²) in [6, 6.07) is 11.2. The summed E-state index contributed by atoms with van der Waals surface area (Å²) in [7, 11) is 2.16. The molecule has 1 amide bonds. The number of halogens is 2. The maximum atomic E-state index is 14.4. The number of nitrogens with one attached hydrogen (secondary N) is 1. The van der Waals surface area contributed by atoms with Crippen molar-refractivity contribution in [1.29, 1.82) is 0 Å². The predicted molar refractivity (Wildman–Crippen MR) is 179 cm³/mol. The molecule has 0 aliphatic carbocycles. The molecule has 2 aromatic heterocycles. The molecule has 0 saturated carbocycles. The van der Waals surface area contributed by atoms with Gasteiger partial charge in [0.2, 0.25) is 11.9 Å². The summed E-state index contributed by atoms with van der Waals surface area (Å²) in [6.45, 7) is 10.8. The quantitative estimate of drug-likeness (QED) is 0.286. The van der Waals surface area contributed by atoms with E-state index in [4.69, 9.17) is 28.2 Å². The zero-order chi connectivity index (χ0) is 31.1. The number of carbonyl (C=O) groups excluding carboxylic acids is 1. The molecule has 4 heterocycles. The Morgan fingerprint density at radius 3 is 2.41 bits per heavy atom. The first-order valence-electron chi connectivity index (χ1n) is 15.0. The van der Waals surface area contributed by atoms with Crippen LogP contribution in [0.3, 0.4) is 0 Å². The van der Waals surface area contributed by atoms with Crippen LogP contribution in [-0.2, 0) is 4.79 Å². The number of carbonyl (C=O) groups is 1. The molecule has 2 aliphatic rings. The molecule has 11 heteroatoms. The van der Waals surface area contributed by atoms with Gasteiger partial charge in [0.1, 0.15) is 5.65 Å². The number of pyridine rings is 1. The fraction of sp³-hybridized carbons (Fsp3) is 0.394. The third-order valence-corrected chi connectivity index (χ3v) is 9.30. The van der Waals surface area contributed by atoms with Crippen LogP contribution in [0.15, 0.2) is 47.4 Å². The van der Waals surface area contributed by atoms with Gasteiger partial charge in [0, 0.05) is 79.2 Å². The van der Waals surface area contributed by atoms with Crippen molar-refractivity contribution >= 4 is 57.5 Å². The molecule has 1 N–H and O–H groups in total. The summed E-state index contributed by atoms with van der Waals surface area (Å²) < 4.78 is 1.75. The van der Waals surface area contributed by atoms with Crippen LogP contribution in [0, 0.1) is 13.8 Å². The molecule has 0 spiro atoms. The van der Waals surface area contributed by atoms with E-state index in [1.165, 1.54) is 11.3 Å². The molecule has 9 nitrogen and oxygen atoms in total. The van der Waals surface area contributed by atoms with Crippen LogP contribution in [0.25, 0.3) is 22.2 Å². The van der Waals surface area contributed by atoms with Crippen molar-refractivity contribution in [3.8, 4) is 11.1 Å². The number of rotatable bonds is 5. The molecule has 2 saturated heterocycles. The average molecular weight is 635 g/mol. The third-order valence-electron chi connectivity index (χ3n) is 8.86. The molecule has 2 fully saturated rings. The van der Waals surface area contributed by atoms with E-state index in [2.05, 4.69) is 46.2 Å². The molecule has 230 valence electrons. The third kappa shape index (κ3) is 6.01. The van der Waals surface area contributed by atoms with Crippen LogP contribution in [0.4, 0.5) is 17.3 Å². The highest BCUT2D eigenvalue weighted by atomic mass is 35.5. The van der Waals surface area contributed by atoms with E-state index >= 15 is 0 Å². The predicted octanol–water partition coefficient (Wildman–Crippen LogP) is 6.06. The fourth-order valence-electron chi connectivity index (χ4n) is 6.49. The van der Waals surface area contributed by atoms with Gasteiger partial charge in [0.05, 0.1) is 11.6 Å². The van der Waals surface area contributed by atoms with Crippen molar-refractivity contribution in [2.24, 2.45) is 0 Å². The Morgan fingerprint density at radius 1 is 1.00 bits per heavy atom. The lowest BCUT2D eigenvalue weighted by molar-refractivity contribution is -0.130. The summed E-state index contributed by atoms with van der Waals surface area (Å²) in [4.78, 5) is 42.9. The van der Waals surface area contributed by atoms with Gasteiger partial charge in [-0.3, -0.25) is 14.2 Å². The Hall–Kier alpha value is -3.66. The average Bonchev–Trinajstić information content (AvgIpc) is 2.97. The summed E-state index contributed by atoms with van der Waals surface area (Å²) in [5, 5.41) is 5.01. The number of piperazine rings is 1. The maximum Gasteiger partial charge on any atom is 0.260 e. The van der Waals surface area contributed by atoms with Crippen molar-refractivity contribution in [2.45, 2.75) is 39.7 Å². The van der Waals surface area contributed by atoms with Gasteiger partial charge in [0.25, 0.3) is 5.56 Å². The Kier molecular flexibility index (Phi) is 8.55. The molecule has 4 aromatic rings. The van der Waals surface area contributed by atoms with E-state index in [9.17, 15) is 9.59 Å². The first kappa shape index (κ1) is 30.4. The number of piperidine rings is 1. The lowest BCUT2D eigenvalue weighted by Crippen LogP contribution is -2.44. The van der Waals surface area contributed by atoms with Crippen LogP contribution in [0.1, 0.15) is 36.9 Å². The summed E-state index contributed by atoms with van der Waals surface area (Å²) in [5.74, 6) is 0.392. The zero-order valence-electron chi connectivity index (χ0n) is 25.5. The van der Waals surface area contributed by atoms with Gasteiger partial charge < -0.3 is 20.0 Å². The molecule has 44 heavy (non-hydrogen) atoms. The number of amides is 1. The minimum atomic E-state index is -0.246. The van der Waals surface area contributed by atoms with Gasteiger partial charge in [-0.15, -0.1) is 0 Å². The van der Waals surface area contributed by atoms with E-state index in [0.29, 0.717) is 45.9 Å². The van der Waals surface area contributed by atoms with Crippen molar-refractivity contribution in [1.82, 2.24) is 24.3 Å². The number of nitrogens with zero attached hydrogens (tertiary/aromatic N) is 6. The van der Waals surface area contributed by atoms with Crippen LogP contribution in [-0.4, -0.2) is 76.6 Å². The lowest BCUT2D eigenvalue weighted by Gasteiger charge is -2.35. The van der Waals surface area contributed by atoms with E-state index in [1.54, 1.807) is 40.8 Å². The number of aromatic nitrogens is 3. The van der Waals surface area contributed by atoms with E-state index in [-0.39, 0.29) is 17.5 Å². The number of benzene rings is 2. The highest BCUT2D eigenvalue weighted by Gasteiger charge is 2.28. The number of aryl methyl sites for hydroxylation is 2. The van der Waals surface area contributed by atoms with Crippen molar-refractivity contribution in [2.75, 3.05) is 56.5 Å². The minimum Gasteiger partial charge on any atom is -0.369 e. The Balaban J connectivity index is 1.43. The highest BCUT2D eigenvalue weighted by molar-refractivity contribution is 6.35. The smallest absolute Gasteiger partial charge is 0.260 e. The molecular weight excluding hydrogens is 597 g/mol. The van der Waals surface area contributed by atoms with Gasteiger partial charge in [-0.1, -0.05) is 23.2 Å². The molecule has 6 rings (SSSR count). The van der Waals surface area contributed by atoms with Crippen LogP contribution >= 0.6 is 23.2 Å². The Morgan fingerprint density at radius 2 is 1.73 bits per heavy atom. The summed E-state index contributed by atoms with van der Waals surface area (Å²) in [6.07, 6.45) is 3.30. The topological polar surface area (TPSA) is 86.6 Å². The van der Waals surface area contributed by atoms with Gasteiger partial charge in [0.15, 0.2) is 0 Å². The number of likely N-dealkylation sites (N-methyl/N-ethyl adjacent to an activating group) is 1. The number of likely N-dealkylation sites (tertiary alicyclic amines) is 1. The largest absolute Gasteiger partial charge is 0.369 e. The molecule has 0 bridgehead atoms. The lowest BCUT2D eigenvalue weighted by atomic mass is 9.98. The van der Waals surface area contributed by atoms with Gasteiger partial charge in [-0.2, -0.15) is 4.98 Å².